The van der Waals surface area contributed by atoms with Gasteiger partial charge in [-0.1, -0.05) is 12.1 Å². The van der Waals surface area contributed by atoms with E-state index in [0.717, 1.165) is 25.4 Å². The fourth-order valence-corrected chi connectivity index (χ4v) is 5.80. The molecule has 0 bridgehead atoms. The average Bonchev–Trinajstić information content (AvgIpc) is 3.04. The van der Waals surface area contributed by atoms with Crippen molar-refractivity contribution >= 4 is 43.4 Å². The lowest BCUT2D eigenvalue weighted by atomic mass is 10.0. The fraction of sp³-hybridized carbons (Fsp3) is 0.333. The molecule has 1 aromatic heterocycles. The Balaban J connectivity index is 0.00000456. The quantitative estimate of drug-likeness (QED) is 0.434. The minimum absolute atomic E-state index is 0. The van der Waals surface area contributed by atoms with Gasteiger partial charge >= 0.3 is 0 Å². The Hall–Kier alpha value is -2.28. The zero-order valence-electron chi connectivity index (χ0n) is 20.9. The highest BCUT2D eigenvalue weighted by atomic mass is 35.5. The summed E-state index contributed by atoms with van der Waals surface area (Å²) in [6, 6.07) is 11.4. The van der Waals surface area contributed by atoms with Gasteiger partial charge in [0.25, 0.3) is 0 Å². The SMILES string of the molecule is Cc1c(Cc2cccc(S(=O)(=O)N(C)C)c2)c2cc(S(=O)(=O)N(C)C)ccc2n1CC(F)=CCN.Cl. The topological polar surface area (TPSA) is 106 Å². The third kappa shape index (κ3) is 5.82. The summed E-state index contributed by atoms with van der Waals surface area (Å²) in [6.45, 7) is 1.86. The molecule has 12 heteroatoms. The molecule has 2 N–H and O–H groups in total. The number of allylic oxidation sites excluding steroid dienone is 1. The number of halogens is 2. The molecular formula is C24H32ClFN4O4S2. The van der Waals surface area contributed by atoms with Crippen molar-refractivity contribution in [2.45, 2.75) is 29.7 Å². The van der Waals surface area contributed by atoms with Crippen LogP contribution in [0, 0.1) is 6.92 Å². The van der Waals surface area contributed by atoms with E-state index in [-0.39, 0.29) is 35.3 Å². The molecule has 0 fully saturated rings. The number of nitrogens with zero attached hydrogens (tertiary/aromatic N) is 3. The van der Waals surface area contributed by atoms with Crippen LogP contribution in [0.5, 0.6) is 0 Å². The second kappa shape index (κ2) is 11.4. The Kier molecular flexibility index (Phi) is 9.49. The zero-order chi connectivity index (χ0) is 26.1. The Bertz CT molecular complexity index is 1500. The van der Waals surface area contributed by atoms with E-state index in [2.05, 4.69) is 0 Å². The summed E-state index contributed by atoms with van der Waals surface area (Å²) < 4.78 is 69.3. The maximum absolute atomic E-state index is 14.5. The average molecular weight is 559 g/mol. The molecule has 0 spiro atoms. The van der Waals surface area contributed by atoms with Crippen molar-refractivity contribution in [1.82, 2.24) is 13.2 Å². The number of aromatic nitrogens is 1. The van der Waals surface area contributed by atoms with Gasteiger partial charge in [0, 0.05) is 51.3 Å². The third-order valence-corrected chi connectivity index (χ3v) is 9.53. The van der Waals surface area contributed by atoms with Crippen molar-refractivity contribution in [2.75, 3.05) is 34.7 Å². The van der Waals surface area contributed by atoms with Crippen LogP contribution in [-0.2, 0) is 33.0 Å². The predicted octanol–water partition coefficient (Wildman–Crippen LogP) is 3.28. The Morgan fingerprint density at radius 2 is 1.56 bits per heavy atom. The highest BCUT2D eigenvalue weighted by Gasteiger charge is 2.22. The van der Waals surface area contributed by atoms with Gasteiger partial charge in [0.1, 0.15) is 5.83 Å². The molecule has 3 rings (SSSR count). The minimum Gasteiger partial charge on any atom is -0.338 e. The van der Waals surface area contributed by atoms with Crippen LogP contribution in [-0.4, -0.2) is 64.7 Å². The van der Waals surface area contributed by atoms with Crippen LogP contribution in [0.1, 0.15) is 16.8 Å². The van der Waals surface area contributed by atoms with Crippen molar-refractivity contribution < 1.29 is 21.2 Å². The first-order valence-electron chi connectivity index (χ1n) is 10.9. The predicted molar refractivity (Wildman–Crippen MR) is 143 cm³/mol. The number of nitrogens with two attached hydrogens (primary N) is 1. The van der Waals surface area contributed by atoms with Crippen LogP contribution in [0.4, 0.5) is 4.39 Å². The molecule has 0 aliphatic rings. The minimum atomic E-state index is -3.69. The second-order valence-electron chi connectivity index (χ2n) is 8.61. The number of hydrogen-bond donors (Lipinski definition) is 1. The van der Waals surface area contributed by atoms with E-state index < -0.39 is 25.9 Å². The number of fused-ring (bicyclic) bond motifs is 1. The van der Waals surface area contributed by atoms with E-state index in [4.69, 9.17) is 5.73 Å². The maximum atomic E-state index is 14.5. The van der Waals surface area contributed by atoms with E-state index in [1.165, 1.54) is 46.4 Å². The highest BCUT2D eigenvalue weighted by Crippen LogP contribution is 2.32. The van der Waals surface area contributed by atoms with E-state index in [9.17, 15) is 21.2 Å². The monoisotopic (exact) mass is 558 g/mol. The summed E-state index contributed by atoms with van der Waals surface area (Å²) in [6.07, 6.45) is 1.63. The van der Waals surface area contributed by atoms with Gasteiger partial charge in [-0.2, -0.15) is 0 Å². The third-order valence-electron chi connectivity index (χ3n) is 5.91. The number of rotatable bonds is 9. The van der Waals surface area contributed by atoms with Gasteiger partial charge in [-0.3, -0.25) is 0 Å². The smallest absolute Gasteiger partial charge is 0.242 e. The normalized spacial score (nSPS) is 13.0. The number of hydrogen-bond acceptors (Lipinski definition) is 5. The van der Waals surface area contributed by atoms with Crippen LogP contribution < -0.4 is 5.73 Å². The van der Waals surface area contributed by atoms with Crippen LogP contribution in [0.25, 0.3) is 10.9 Å². The zero-order valence-corrected chi connectivity index (χ0v) is 23.3. The molecule has 198 valence electrons. The Labute approximate surface area is 218 Å². The molecule has 0 radical (unpaired) electrons. The molecule has 36 heavy (non-hydrogen) atoms. The molecule has 0 aliphatic heterocycles. The maximum Gasteiger partial charge on any atom is 0.242 e. The van der Waals surface area contributed by atoms with Crippen LogP contribution in [0.3, 0.4) is 0 Å². The van der Waals surface area contributed by atoms with Gasteiger partial charge in [0.05, 0.1) is 16.3 Å². The lowest BCUT2D eigenvalue weighted by molar-refractivity contribution is 0.519. The summed E-state index contributed by atoms with van der Waals surface area (Å²) in [5.41, 5.74) is 8.40. The Morgan fingerprint density at radius 3 is 2.11 bits per heavy atom. The molecule has 0 amide bonds. The fourth-order valence-electron chi connectivity index (χ4n) is 3.90. The summed E-state index contributed by atoms with van der Waals surface area (Å²) in [7, 11) is -1.46. The first kappa shape index (κ1) is 29.9. The summed E-state index contributed by atoms with van der Waals surface area (Å²) in [5, 5.41) is 0.659. The summed E-state index contributed by atoms with van der Waals surface area (Å²) >= 11 is 0. The van der Waals surface area contributed by atoms with Crippen LogP contribution in [0.15, 0.2) is 64.2 Å². The lowest BCUT2D eigenvalue weighted by Crippen LogP contribution is -2.22. The standard InChI is InChI=1S/C24H31FN4O4S2.ClH/c1-17-22(14-18-7-6-8-20(13-18)34(30,31)27(2)3)23-15-21(35(32,33)28(4)5)9-10-24(23)29(17)16-19(25)11-12-26;/h6-11,13,15H,12,14,16,26H2,1-5H3;1H. The van der Waals surface area contributed by atoms with Gasteiger partial charge < -0.3 is 10.3 Å². The first-order valence-corrected chi connectivity index (χ1v) is 13.8. The summed E-state index contributed by atoms with van der Waals surface area (Å²) in [5.74, 6) is -0.400. The molecule has 0 atom stereocenters. The molecule has 2 aromatic carbocycles. The van der Waals surface area contributed by atoms with Crippen molar-refractivity contribution in [2.24, 2.45) is 5.73 Å². The van der Waals surface area contributed by atoms with E-state index in [0.29, 0.717) is 17.3 Å². The number of benzene rings is 2. The van der Waals surface area contributed by atoms with Crippen molar-refractivity contribution in [3.8, 4) is 0 Å². The van der Waals surface area contributed by atoms with E-state index >= 15 is 0 Å². The van der Waals surface area contributed by atoms with E-state index in [1.54, 1.807) is 28.8 Å². The molecule has 0 unspecified atom stereocenters. The molecule has 3 aromatic rings. The van der Waals surface area contributed by atoms with Crippen molar-refractivity contribution in [3.63, 3.8) is 0 Å². The van der Waals surface area contributed by atoms with Gasteiger partial charge in [-0.05, 0) is 60.9 Å². The molecule has 0 aliphatic carbocycles. The lowest BCUT2D eigenvalue weighted by Gasteiger charge is -2.13. The Morgan fingerprint density at radius 1 is 0.972 bits per heavy atom. The van der Waals surface area contributed by atoms with Crippen molar-refractivity contribution in [1.29, 1.82) is 0 Å². The molecule has 0 saturated heterocycles. The van der Waals surface area contributed by atoms with Gasteiger partial charge in [-0.25, -0.2) is 29.8 Å². The molecule has 8 nitrogen and oxygen atoms in total. The van der Waals surface area contributed by atoms with Crippen LogP contribution in [0.2, 0.25) is 0 Å². The van der Waals surface area contributed by atoms with Crippen molar-refractivity contribution in [3.05, 3.63) is 71.2 Å². The van der Waals surface area contributed by atoms with Gasteiger partial charge in [0.2, 0.25) is 20.0 Å². The number of sulfonamides is 2. The first-order chi connectivity index (χ1) is 16.3. The molecule has 0 saturated carbocycles. The molecular weight excluding hydrogens is 527 g/mol. The second-order valence-corrected chi connectivity index (χ2v) is 12.9. The highest BCUT2D eigenvalue weighted by molar-refractivity contribution is 7.89. The largest absolute Gasteiger partial charge is 0.338 e. The van der Waals surface area contributed by atoms with Gasteiger partial charge in [-0.15, -0.1) is 12.4 Å². The summed E-state index contributed by atoms with van der Waals surface area (Å²) in [4.78, 5) is 0.282. The van der Waals surface area contributed by atoms with Gasteiger partial charge in [0.15, 0.2) is 0 Å². The van der Waals surface area contributed by atoms with Crippen LogP contribution >= 0.6 is 12.4 Å². The molecule has 1 heterocycles. The van der Waals surface area contributed by atoms with E-state index in [1.807, 2.05) is 13.0 Å².